The second-order valence-corrected chi connectivity index (χ2v) is 4.89. The summed E-state index contributed by atoms with van der Waals surface area (Å²) in [5.41, 5.74) is 9.96. The molecule has 0 saturated heterocycles. The van der Waals surface area contributed by atoms with Crippen molar-refractivity contribution in [3.63, 3.8) is 0 Å². The van der Waals surface area contributed by atoms with Crippen LogP contribution in [0.4, 0.5) is 5.69 Å². The van der Waals surface area contributed by atoms with Crippen LogP contribution < -0.4 is 10.6 Å². The van der Waals surface area contributed by atoms with Gasteiger partial charge in [-0.25, -0.2) is 4.52 Å². The summed E-state index contributed by atoms with van der Waals surface area (Å²) in [6, 6.07) is 4.17. The lowest BCUT2D eigenvalue weighted by Crippen LogP contribution is -2.24. The monoisotopic (exact) mass is 270 g/mol. The molecule has 104 valence electrons. The molecule has 0 spiro atoms. The number of nitrogens with two attached hydrogens (primary N) is 1. The van der Waals surface area contributed by atoms with Gasteiger partial charge in [-0.3, -0.25) is 4.68 Å². The van der Waals surface area contributed by atoms with Crippen LogP contribution in [0.15, 0.2) is 36.9 Å². The number of pyridine rings is 1. The molecule has 3 aromatic heterocycles. The van der Waals surface area contributed by atoms with Crippen LogP contribution in [0.2, 0.25) is 0 Å². The number of nitrogens with zero attached hydrogens (tertiary/aromatic N) is 5. The van der Waals surface area contributed by atoms with Crippen molar-refractivity contribution in [2.45, 2.75) is 0 Å². The fourth-order valence-corrected chi connectivity index (χ4v) is 2.32. The van der Waals surface area contributed by atoms with Gasteiger partial charge in [-0.15, -0.1) is 0 Å². The lowest BCUT2D eigenvalue weighted by molar-refractivity contribution is 0.768. The summed E-state index contributed by atoms with van der Waals surface area (Å²) < 4.78 is 3.69. The van der Waals surface area contributed by atoms with Crippen molar-refractivity contribution in [3.8, 4) is 11.1 Å². The Labute approximate surface area is 117 Å². The molecule has 0 saturated carbocycles. The van der Waals surface area contributed by atoms with Crippen molar-refractivity contribution in [1.82, 2.24) is 19.4 Å². The zero-order valence-electron chi connectivity index (χ0n) is 11.7. The predicted octanol–water partition coefficient (Wildman–Crippen LogP) is 1.13. The lowest BCUT2D eigenvalue weighted by Gasteiger charge is -2.16. The van der Waals surface area contributed by atoms with E-state index in [1.807, 2.05) is 43.4 Å². The first-order valence-corrected chi connectivity index (χ1v) is 6.56. The molecule has 3 heterocycles. The maximum atomic E-state index is 5.60. The van der Waals surface area contributed by atoms with E-state index in [1.165, 1.54) is 0 Å². The summed E-state index contributed by atoms with van der Waals surface area (Å²) in [5.74, 6) is 0. The largest absolute Gasteiger partial charge is 0.370 e. The molecule has 3 aromatic rings. The zero-order chi connectivity index (χ0) is 14.1. The number of hydrogen-bond acceptors (Lipinski definition) is 4. The summed E-state index contributed by atoms with van der Waals surface area (Å²) >= 11 is 0. The Hall–Kier alpha value is -2.34. The highest BCUT2D eigenvalue weighted by Gasteiger charge is 2.09. The Kier molecular flexibility index (Phi) is 3.15. The number of hydrogen-bond donors (Lipinski definition) is 1. The van der Waals surface area contributed by atoms with Gasteiger partial charge in [0.15, 0.2) is 0 Å². The van der Waals surface area contributed by atoms with E-state index in [2.05, 4.69) is 27.2 Å². The summed E-state index contributed by atoms with van der Waals surface area (Å²) in [7, 11) is 3.94. The first-order chi connectivity index (χ1) is 9.69. The maximum absolute atomic E-state index is 5.60. The summed E-state index contributed by atoms with van der Waals surface area (Å²) in [6.45, 7) is 1.44. The molecular formula is C14H18N6. The van der Waals surface area contributed by atoms with Gasteiger partial charge in [0.05, 0.1) is 23.6 Å². The van der Waals surface area contributed by atoms with Crippen molar-refractivity contribution in [1.29, 1.82) is 0 Å². The summed E-state index contributed by atoms with van der Waals surface area (Å²) in [4.78, 5) is 2.12. The van der Waals surface area contributed by atoms with Crippen LogP contribution in [0.5, 0.6) is 0 Å². The van der Waals surface area contributed by atoms with Crippen LogP contribution in [0, 0.1) is 0 Å². The van der Waals surface area contributed by atoms with E-state index >= 15 is 0 Å². The Bertz CT molecular complexity index is 726. The molecule has 0 aliphatic heterocycles. The third-order valence-corrected chi connectivity index (χ3v) is 3.41. The molecule has 3 rings (SSSR count). The number of anilines is 1. The van der Waals surface area contributed by atoms with Gasteiger partial charge in [-0.2, -0.15) is 10.2 Å². The SMILES string of the molecule is CN(CCN)c1cnn2cc(-c3cnn(C)c3)ccc12. The summed E-state index contributed by atoms with van der Waals surface area (Å²) in [5, 5.41) is 8.62. The third-order valence-electron chi connectivity index (χ3n) is 3.41. The van der Waals surface area contributed by atoms with Gasteiger partial charge in [-0.1, -0.05) is 6.07 Å². The van der Waals surface area contributed by atoms with Gasteiger partial charge in [0.25, 0.3) is 0 Å². The molecule has 6 nitrogen and oxygen atoms in total. The van der Waals surface area contributed by atoms with E-state index in [1.54, 1.807) is 4.68 Å². The molecule has 0 atom stereocenters. The fourth-order valence-electron chi connectivity index (χ4n) is 2.32. The average Bonchev–Trinajstić information content (AvgIpc) is 3.04. The molecule has 0 aliphatic rings. The Morgan fingerprint density at radius 2 is 2.00 bits per heavy atom. The first-order valence-electron chi connectivity index (χ1n) is 6.56. The molecule has 20 heavy (non-hydrogen) atoms. The van der Waals surface area contributed by atoms with Crippen LogP contribution in [0.3, 0.4) is 0 Å². The first kappa shape index (κ1) is 12.7. The second kappa shape index (κ2) is 4.97. The Morgan fingerprint density at radius 3 is 2.70 bits per heavy atom. The third kappa shape index (κ3) is 2.14. The Balaban J connectivity index is 2.01. The van der Waals surface area contributed by atoms with Gasteiger partial charge in [0.2, 0.25) is 0 Å². The number of aryl methyl sites for hydroxylation is 1. The minimum absolute atomic E-state index is 0.627. The van der Waals surface area contributed by atoms with Crippen molar-refractivity contribution < 1.29 is 0 Å². The van der Waals surface area contributed by atoms with E-state index in [4.69, 9.17) is 5.73 Å². The minimum Gasteiger partial charge on any atom is -0.370 e. The number of aromatic nitrogens is 4. The number of likely N-dealkylation sites (N-methyl/N-ethyl adjacent to an activating group) is 1. The molecule has 0 fully saturated rings. The van der Waals surface area contributed by atoms with Gasteiger partial charge in [0.1, 0.15) is 0 Å². The van der Waals surface area contributed by atoms with Crippen molar-refractivity contribution in [2.24, 2.45) is 12.8 Å². The van der Waals surface area contributed by atoms with E-state index in [9.17, 15) is 0 Å². The highest BCUT2D eigenvalue weighted by atomic mass is 15.3. The van der Waals surface area contributed by atoms with Gasteiger partial charge >= 0.3 is 0 Å². The van der Waals surface area contributed by atoms with Crippen LogP contribution in [0.1, 0.15) is 0 Å². The second-order valence-electron chi connectivity index (χ2n) is 4.89. The van der Waals surface area contributed by atoms with Crippen molar-refractivity contribution >= 4 is 11.2 Å². The fraction of sp³-hybridized carbons (Fsp3) is 0.286. The average molecular weight is 270 g/mol. The lowest BCUT2D eigenvalue weighted by atomic mass is 10.1. The topological polar surface area (TPSA) is 64.4 Å². The summed E-state index contributed by atoms with van der Waals surface area (Å²) in [6.07, 6.45) is 7.74. The smallest absolute Gasteiger partial charge is 0.0895 e. The molecule has 0 unspecified atom stereocenters. The highest BCUT2D eigenvalue weighted by Crippen LogP contribution is 2.24. The number of rotatable bonds is 4. The molecule has 0 radical (unpaired) electrons. The molecule has 6 heteroatoms. The van der Waals surface area contributed by atoms with Crippen LogP contribution in [0.25, 0.3) is 16.6 Å². The van der Waals surface area contributed by atoms with E-state index in [0.717, 1.165) is 28.9 Å². The van der Waals surface area contributed by atoms with Crippen molar-refractivity contribution in [2.75, 3.05) is 25.0 Å². The molecule has 0 aromatic carbocycles. The predicted molar refractivity (Wildman–Crippen MR) is 79.7 cm³/mol. The molecule has 0 aliphatic carbocycles. The van der Waals surface area contributed by atoms with E-state index in [-0.39, 0.29) is 0 Å². The molecule has 2 N–H and O–H groups in total. The van der Waals surface area contributed by atoms with Gasteiger partial charge in [-0.05, 0) is 6.07 Å². The molecular weight excluding hydrogens is 252 g/mol. The Morgan fingerprint density at radius 1 is 1.15 bits per heavy atom. The van der Waals surface area contributed by atoms with E-state index < -0.39 is 0 Å². The van der Waals surface area contributed by atoms with Crippen molar-refractivity contribution in [3.05, 3.63) is 36.9 Å². The molecule has 0 bridgehead atoms. The van der Waals surface area contributed by atoms with E-state index in [0.29, 0.717) is 6.54 Å². The molecule has 0 amide bonds. The number of fused-ring (bicyclic) bond motifs is 1. The highest BCUT2D eigenvalue weighted by molar-refractivity contribution is 5.75. The minimum atomic E-state index is 0.627. The van der Waals surface area contributed by atoms with Crippen LogP contribution >= 0.6 is 0 Å². The van der Waals surface area contributed by atoms with Gasteiger partial charge < -0.3 is 10.6 Å². The van der Waals surface area contributed by atoms with Crippen LogP contribution in [-0.2, 0) is 7.05 Å². The normalized spacial score (nSPS) is 11.2. The van der Waals surface area contributed by atoms with Crippen LogP contribution in [-0.4, -0.2) is 39.5 Å². The quantitative estimate of drug-likeness (QED) is 0.772. The zero-order valence-corrected chi connectivity index (χ0v) is 11.7. The van der Waals surface area contributed by atoms with Gasteiger partial charge in [0, 0.05) is 50.7 Å². The standard InChI is InChI=1S/C14H18N6/c1-18(6-5-15)14-8-17-20-10-11(3-4-13(14)20)12-7-16-19(2)9-12/h3-4,7-10H,5-6,15H2,1-2H3. The maximum Gasteiger partial charge on any atom is 0.0895 e.